The highest BCUT2D eigenvalue weighted by Crippen LogP contribution is 2.34. The average Bonchev–Trinajstić information content (AvgIpc) is 3.72. The number of nitrogens with one attached hydrogen (secondary N) is 5. The number of piperidine rings is 1. The van der Waals surface area contributed by atoms with Crippen molar-refractivity contribution in [2.45, 2.75) is 96.9 Å². The SMILES string of the molecule is CC(C)[C@H](NC(=O)OC(C)(C)C)C(=O)OCC(=O)[C@H](C[C@@H]1CCCNC1=O)NC(=O)[C@H](CC1CC1)NC(=O)c1cc2cc(F)cc(F)c2[nH]1. The second-order valence-electron chi connectivity index (χ2n) is 14.1. The number of halogens is 2. The van der Waals surface area contributed by atoms with Crippen LogP contribution < -0.4 is 21.3 Å². The zero-order chi connectivity index (χ0) is 36.0. The molecule has 49 heavy (non-hydrogen) atoms. The van der Waals surface area contributed by atoms with Gasteiger partial charge in [-0.15, -0.1) is 0 Å². The number of benzene rings is 1. The first-order chi connectivity index (χ1) is 23.0. The molecule has 4 atom stereocenters. The minimum absolute atomic E-state index is 0.0679. The number of fused-ring (bicyclic) bond motifs is 1. The van der Waals surface area contributed by atoms with Gasteiger partial charge < -0.3 is 35.7 Å². The number of ether oxygens (including phenoxy) is 2. The molecule has 5 N–H and O–H groups in total. The molecule has 268 valence electrons. The van der Waals surface area contributed by atoms with Gasteiger partial charge in [0.05, 0.1) is 11.6 Å². The molecule has 0 radical (unpaired) electrons. The quantitative estimate of drug-likeness (QED) is 0.187. The van der Waals surface area contributed by atoms with Gasteiger partial charge in [-0.05, 0) is 70.4 Å². The summed E-state index contributed by atoms with van der Waals surface area (Å²) in [6.45, 7) is 8.08. The highest BCUT2D eigenvalue weighted by atomic mass is 19.1. The summed E-state index contributed by atoms with van der Waals surface area (Å²) in [4.78, 5) is 80.9. The number of carbonyl (C=O) groups is 6. The molecular formula is C34H45F2N5O8. The van der Waals surface area contributed by atoms with E-state index in [1.54, 1.807) is 34.6 Å². The van der Waals surface area contributed by atoms with Gasteiger partial charge in [0.1, 0.15) is 35.0 Å². The fraction of sp³-hybridized carbons (Fsp3) is 0.588. The van der Waals surface area contributed by atoms with Crippen LogP contribution in [0.2, 0.25) is 0 Å². The van der Waals surface area contributed by atoms with Crippen LogP contribution >= 0.6 is 0 Å². The molecule has 0 spiro atoms. The molecule has 1 aliphatic heterocycles. The number of H-pyrrole nitrogens is 1. The second kappa shape index (κ2) is 15.8. The lowest BCUT2D eigenvalue weighted by atomic mass is 9.90. The van der Waals surface area contributed by atoms with Gasteiger partial charge in [0.15, 0.2) is 12.4 Å². The number of esters is 1. The standard InChI is InChI=1S/C34H45F2N5O8/c1-17(2)27(41-33(47)49-34(3,4)5)32(46)48-16-26(42)23(13-19-7-6-10-37-29(19)43)39-30(44)24(11-18-8-9-18)40-31(45)25-14-20-12-21(35)15-22(36)28(20)38-25/h12,14-15,17-19,23-24,27,38H,6-11,13,16H2,1-5H3,(H,37,43)(H,39,44)(H,40,45)(H,41,47)/t19-,23-,24-,27-/m0/s1. The molecule has 0 bridgehead atoms. The van der Waals surface area contributed by atoms with Crippen LogP contribution in [0, 0.1) is 29.4 Å². The van der Waals surface area contributed by atoms with Crippen molar-refractivity contribution in [1.82, 2.24) is 26.3 Å². The molecule has 1 aromatic heterocycles. The van der Waals surface area contributed by atoms with Crippen molar-refractivity contribution in [3.05, 3.63) is 35.5 Å². The van der Waals surface area contributed by atoms with Gasteiger partial charge in [0.25, 0.3) is 5.91 Å². The normalized spacial score (nSPS) is 18.2. The van der Waals surface area contributed by atoms with Crippen molar-refractivity contribution in [1.29, 1.82) is 0 Å². The van der Waals surface area contributed by atoms with Crippen LogP contribution in [0.5, 0.6) is 0 Å². The molecule has 2 fully saturated rings. The number of Topliss-reactive ketones (excluding diaryl/α,β-unsaturated/α-hetero) is 1. The Morgan fingerprint density at radius 3 is 2.31 bits per heavy atom. The van der Waals surface area contributed by atoms with E-state index in [-0.39, 0.29) is 41.3 Å². The Hall–Kier alpha value is -4.56. The van der Waals surface area contributed by atoms with Crippen molar-refractivity contribution < 1.29 is 47.0 Å². The van der Waals surface area contributed by atoms with Crippen LogP contribution in [-0.4, -0.2) is 77.4 Å². The molecule has 2 aliphatic rings. The summed E-state index contributed by atoms with van der Waals surface area (Å²) >= 11 is 0. The van der Waals surface area contributed by atoms with Gasteiger partial charge in [0.2, 0.25) is 11.8 Å². The number of carbonyl (C=O) groups excluding carboxylic acids is 6. The van der Waals surface area contributed by atoms with Crippen molar-refractivity contribution in [3.8, 4) is 0 Å². The minimum Gasteiger partial charge on any atom is -0.456 e. The lowest BCUT2D eigenvalue weighted by Crippen LogP contribution is -2.54. The van der Waals surface area contributed by atoms with Crippen LogP contribution in [-0.2, 0) is 28.7 Å². The first-order valence-corrected chi connectivity index (χ1v) is 16.6. The average molecular weight is 690 g/mol. The van der Waals surface area contributed by atoms with Crippen LogP contribution in [0.4, 0.5) is 13.6 Å². The van der Waals surface area contributed by atoms with E-state index >= 15 is 0 Å². The Kier molecular flexibility index (Phi) is 12.0. The molecule has 1 aromatic carbocycles. The number of hydrogen-bond donors (Lipinski definition) is 5. The summed E-state index contributed by atoms with van der Waals surface area (Å²) in [7, 11) is 0. The highest BCUT2D eigenvalue weighted by molar-refractivity contribution is 6.01. The third-order valence-electron chi connectivity index (χ3n) is 8.35. The molecule has 15 heteroatoms. The second-order valence-corrected chi connectivity index (χ2v) is 14.1. The fourth-order valence-electron chi connectivity index (χ4n) is 5.60. The lowest BCUT2D eigenvalue weighted by molar-refractivity contribution is -0.152. The number of rotatable bonds is 14. The van der Waals surface area contributed by atoms with E-state index < -0.39 is 83.5 Å². The molecule has 1 saturated heterocycles. The van der Waals surface area contributed by atoms with Gasteiger partial charge in [-0.2, -0.15) is 0 Å². The monoisotopic (exact) mass is 689 g/mol. The van der Waals surface area contributed by atoms with Crippen LogP contribution in [0.15, 0.2) is 18.2 Å². The maximum Gasteiger partial charge on any atom is 0.408 e. The largest absolute Gasteiger partial charge is 0.456 e. The lowest BCUT2D eigenvalue weighted by Gasteiger charge is -2.28. The summed E-state index contributed by atoms with van der Waals surface area (Å²) in [6.07, 6.45) is 2.16. The molecule has 4 amide bonds. The third-order valence-corrected chi connectivity index (χ3v) is 8.35. The summed E-state index contributed by atoms with van der Waals surface area (Å²) in [5.41, 5.74) is -0.973. The Bertz CT molecular complexity index is 1580. The van der Waals surface area contributed by atoms with Gasteiger partial charge in [-0.25, -0.2) is 18.4 Å². The molecule has 1 saturated carbocycles. The van der Waals surface area contributed by atoms with E-state index in [9.17, 15) is 37.5 Å². The maximum atomic E-state index is 14.3. The molecule has 2 aromatic rings. The van der Waals surface area contributed by atoms with Crippen molar-refractivity contribution in [3.63, 3.8) is 0 Å². The van der Waals surface area contributed by atoms with Gasteiger partial charge in [0, 0.05) is 23.9 Å². The Balaban J connectivity index is 1.47. The predicted octanol–water partition coefficient (Wildman–Crippen LogP) is 3.41. The number of ketones is 1. The van der Waals surface area contributed by atoms with Gasteiger partial charge in [-0.1, -0.05) is 26.7 Å². The van der Waals surface area contributed by atoms with E-state index in [0.29, 0.717) is 25.5 Å². The maximum absolute atomic E-state index is 14.3. The van der Waals surface area contributed by atoms with E-state index in [0.717, 1.165) is 18.9 Å². The first kappa shape index (κ1) is 37.3. The Morgan fingerprint density at radius 1 is 0.959 bits per heavy atom. The van der Waals surface area contributed by atoms with Crippen LogP contribution in [0.1, 0.15) is 83.6 Å². The zero-order valence-electron chi connectivity index (χ0n) is 28.4. The van der Waals surface area contributed by atoms with E-state index in [2.05, 4.69) is 26.3 Å². The van der Waals surface area contributed by atoms with Crippen molar-refractivity contribution >= 4 is 46.5 Å². The predicted molar refractivity (Wildman–Crippen MR) is 173 cm³/mol. The molecule has 4 rings (SSSR count). The van der Waals surface area contributed by atoms with E-state index in [1.807, 2.05) is 0 Å². The Morgan fingerprint density at radius 2 is 1.67 bits per heavy atom. The first-order valence-electron chi connectivity index (χ1n) is 16.6. The van der Waals surface area contributed by atoms with Crippen LogP contribution in [0.25, 0.3) is 10.9 Å². The summed E-state index contributed by atoms with van der Waals surface area (Å²) in [5.74, 6) is -5.85. The molecular weight excluding hydrogens is 644 g/mol. The smallest absolute Gasteiger partial charge is 0.408 e. The Labute approximate surface area is 283 Å². The van der Waals surface area contributed by atoms with Crippen LogP contribution in [0.3, 0.4) is 0 Å². The topological polar surface area (TPSA) is 185 Å². The zero-order valence-corrected chi connectivity index (χ0v) is 28.4. The number of hydrogen-bond acceptors (Lipinski definition) is 8. The van der Waals surface area contributed by atoms with Gasteiger partial charge in [-0.3, -0.25) is 19.2 Å². The molecule has 13 nitrogen and oxygen atoms in total. The summed E-state index contributed by atoms with van der Waals surface area (Å²) < 4.78 is 38.5. The summed E-state index contributed by atoms with van der Waals surface area (Å²) in [6, 6.07) is -0.462. The number of aromatic nitrogens is 1. The minimum atomic E-state index is -1.26. The fourth-order valence-corrected chi connectivity index (χ4v) is 5.60. The molecule has 1 aliphatic carbocycles. The van der Waals surface area contributed by atoms with E-state index in [4.69, 9.17) is 9.47 Å². The van der Waals surface area contributed by atoms with E-state index in [1.165, 1.54) is 6.07 Å². The molecule has 0 unspecified atom stereocenters. The summed E-state index contributed by atoms with van der Waals surface area (Å²) in [5, 5.41) is 10.7. The van der Waals surface area contributed by atoms with Crippen molar-refractivity contribution in [2.24, 2.45) is 17.8 Å². The highest BCUT2D eigenvalue weighted by Gasteiger charge is 2.36. The molecule has 2 heterocycles. The third kappa shape index (κ3) is 10.7. The van der Waals surface area contributed by atoms with Crippen molar-refractivity contribution in [2.75, 3.05) is 13.2 Å². The number of aromatic amines is 1. The van der Waals surface area contributed by atoms with Gasteiger partial charge >= 0.3 is 12.1 Å². The number of amides is 4. The number of alkyl carbamates (subject to hydrolysis) is 1.